The van der Waals surface area contributed by atoms with Gasteiger partial charge in [0.1, 0.15) is 6.00 Å². The molecule has 1 atom stereocenters. The Bertz CT molecular complexity index is 444. The second-order valence-corrected chi connectivity index (χ2v) is 4.87. The minimum atomic E-state index is -4.36. The molecule has 0 N–H and O–H groups in total. The summed E-state index contributed by atoms with van der Waals surface area (Å²) in [4.78, 5) is 3.96. The van der Waals surface area contributed by atoms with Gasteiger partial charge in [-0.1, -0.05) is 35.8 Å². The normalized spacial score (nSPS) is 21.7. The van der Waals surface area contributed by atoms with Gasteiger partial charge in [0.2, 0.25) is 0 Å². The molecule has 0 radical (unpaired) electrons. The molecule has 0 saturated carbocycles. The molecule has 1 unspecified atom stereocenters. The number of benzene rings is 1. The highest BCUT2D eigenvalue weighted by molar-refractivity contribution is 6.76. The summed E-state index contributed by atoms with van der Waals surface area (Å²) in [5.41, 5.74) is -0.677. The average Bonchev–Trinajstić information content (AvgIpc) is 2.59. The van der Waals surface area contributed by atoms with Crippen molar-refractivity contribution < 1.29 is 17.9 Å². The van der Waals surface area contributed by atoms with Crippen molar-refractivity contribution >= 4 is 18.6 Å². The van der Waals surface area contributed by atoms with E-state index in [2.05, 4.69) is 4.99 Å². The van der Waals surface area contributed by atoms with Gasteiger partial charge in [0.25, 0.3) is 0 Å². The van der Waals surface area contributed by atoms with Crippen LogP contribution >= 0.6 is 0 Å². The molecule has 0 saturated heterocycles. The molecule has 0 amide bonds. The summed E-state index contributed by atoms with van der Waals surface area (Å²) in [6.45, 7) is 1.61. The fourth-order valence-electron chi connectivity index (χ4n) is 2.15. The van der Waals surface area contributed by atoms with Crippen molar-refractivity contribution in [2.45, 2.75) is 31.5 Å². The monoisotopic (exact) mass is 255 g/mol. The molecule has 18 heavy (non-hydrogen) atoms. The van der Waals surface area contributed by atoms with Crippen molar-refractivity contribution in [2.75, 3.05) is 0 Å². The maximum absolute atomic E-state index is 13.3. The molecule has 0 aromatic heterocycles. The number of nitrogens with zero attached hydrogens (tertiary/aromatic N) is 1. The van der Waals surface area contributed by atoms with Crippen LogP contribution in [0.4, 0.5) is 13.2 Å². The largest absolute Gasteiger partial charge is 0.485 e. The molecule has 96 valence electrons. The van der Waals surface area contributed by atoms with E-state index in [1.54, 1.807) is 32.0 Å². The number of halogens is 3. The molecule has 6 heteroatoms. The second-order valence-electron chi connectivity index (χ2n) is 4.87. The Kier molecular flexibility index (Phi) is 3.13. The first-order valence-electron chi connectivity index (χ1n) is 5.63. The average molecular weight is 255 g/mol. The van der Waals surface area contributed by atoms with E-state index in [9.17, 15) is 13.2 Å². The summed E-state index contributed by atoms with van der Waals surface area (Å²) in [6, 6.07) is 6.79. The number of alkyl halides is 3. The number of hydrogen-bond acceptors (Lipinski definition) is 2. The minimum Gasteiger partial charge on any atom is -0.485 e. The molecule has 1 aromatic rings. The summed E-state index contributed by atoms with van der Waals surface area (Å²) in [6.07, 6.45) is -3.25. The van der Waals surface area contributed by atoms with E-state index in [0.29, 0.717) is 0 Å². The number of hydrogen-bond donors (Lipinski definition) is 0. The molecule has 0 bridgehead atoms. The molecule has 1 aliphatic rings. The van der Waals surface area contributed by atoms with Gasteiger partial charge in [-0.3, -0.25) is 0 Å². The SMILES string of the molecule is CC1(C)N=COC1B(c1ccccc1)C(F)(F)F. The molecule has 2 rings (SSSR count). The lowest BCUT2D eigenvalue weighted by Crippen LogP contribution is -2.59. The van der Waals surface area contributed by atoms with Gasteiger partial charge in [0, 0.05) is 0 Å². The van der Waals surface area contributed by atoms with Crippen LogP contribution in [0.1, 0.15) is 13.8 Å². The number of rotatable bonds is 2. The smallest absolute Gasteiger partial charge is 0.355 e. The highest BCUT2D eigenvalue weighted by Gasteiger charge is 2.57. The van der Waals surface area contributed by atoms with E-state index in [1.165, 1.54) is 12.1 Å². The van der Waals surface area contributed by atoms with E-state index < -0.39 is 24.3 Å². The Labute approximate surface area is 104 Å². The van der Waals surface area contributed by atoms with Gasteiger partial charge in [0.15, 0.2) is 6.40 Å². The van der Waals surface area contributed by atoms with Gasteiger partial charge in [0.05, 0.1) is 5.54 Å². The van der Waals surface area contributed by atoms with Crippen LogP contribution in [-0.2, 0) is 4.74 Å². The maximum Gasteiger partial charge on any atom is 0.355 e. The molecule has 0 fully saturated rings. The Balaban J connectivity index is 2.40. The highest BCUT2D eigenvalue weighted by Crippen LogP contribution is 2.31. The Morgan fingerprint density at radius 2 is 1.83 bits per heavy atom. The molecule has 2 nitrogen and oxygen atoms in total. The predicted molar refractivity (Wildman–Crippen MR) is 65.3 cm³/mol. The van der Waals surface area contributed by atoms with Crippen LogP contribution in [0.5, 0.6) is 0 Å². The van der Waals surface area contributed by atoms with Crippen molar-refractivity contribution in [1.82, 2.24) is 0 Å². The van der Waals surface area contributed by atoms with Crippen LogP contribution in [0.25, 0.3) is 0 Å². The van der Waals surface area contributed by atoms with Gasteiger partial charge in [-0.2, -0.15) is 13.2 Å². The summed E-state index contributed by atoms with van der Waals surface area (Å²) < 4.78 is 44.9. The standard InChI is InChI=1S/C12H13BF3NO/c1-11(2)10(18-8-17-11)13(12(14,15)16)9-6-4-3-5-7-9/h3-8,10H,1-2H3. The lowest BCUT2D eigenvalue weighted by atomic mass is 9.37. The number of aliphatic imine (C=N–C) groups is 1. The summed E-state index contributed by atoms with van der Waals surface area (Å²) in [5.74, 6) is 0. The van der Waals surface area contributed by atoms with Crippen LogP contribution in [0.15, 0.2) is 35.3 Å². The molecule has 1 heterocycles. The first-order chi connectivity index (χ1) is 8.32. The number of ether oxygens (including phenoxy) is 1. The van der Waals surface area contributed by atoms with Crippen molar-refractivity contribution in [1.29, 1.82) is 0 Å². The van der Waals surface area contributed by atoms with E-state index >= 15 is 0 Å². The summed E-state index contributed by atoms with van der Waals surface area (Å²) in [7, 11) is 0. The van der Waals surface area contributed by atoms with Crippen LogP contribution in [0.2, 0.25) is 0 Å². The molecule has 0 aliphatic carbocycles. The van der Waals surface area contributed by atoms with Crippen molar-refractivity contribution in [3.63, 3.8) is 0 Å². The fourth-order valence-corrected chi connectivity index (χ4v) is 2.15. The van der Waals surface area contributed by atoms with Crippen LogP contribution in [0.3, 0.4) is 0 Å². The van der Waals surface area contributed by atoms with Gasteiger partial charge in [-0.25, -0.2) is 4.99 Å². The predicted octanol–water partition coefficient (Wildman–Crippen LogP) is 2.23. The first-order valence-corrected chi connectivity index (χ1v) is 5.63. The molecular weight excluding hydrogens is 242 g/mol. The maximum atomic E-state index is 13.3. The van der Waals surface area contributed by atoms with Crippen molar-refractivity contribution in [3.05, 3.63) is 30.3 Å². The lowest BCUT2D eigenvalue weighted by Gasteiger charge is -2.30. The highest BCUT2D eigenvalue weighted by atomic mass is 19.4. The quantitative estimate of drug-likeness (QED) is 0.742. The van der Waals surface area contributed by atoms with Gasteiger partial charge in [-0.15, -0.1) is 0 Å². The Morgan fingerprint density at radius 3 is 2.28 bits per heavy atom. The third-order valence-corrected chi connectivity index (χ3v) is 3.10. The molecule has 0 spiro atoms. The Hall–Kier alpha value is -1.46. The van der Waals surface area contributed by atoms with Crippen LogP contribution < -0.4 is 5.46 Å². The fraction of sp³-hybridized carbons (Fsp3) is 0.417. The zero-order valence-electron chi connectivity index (χ0n) is 10.1. The summed E-state index contributed by atoms with van der Waals surface area (Å²) >= 11 is 0. The van der Waals surface area contributed by atoms with Crippen molar-refractivity contribution in [2.24, 2.45) is 4.99 Å². The Morgan fingerprint density at radius 1 is 1.22 bits per heavy atom. The lowest BCUT2D eigenvalue weighted by molar-refractivity contribution is -0.0556. The van der Waals surface area contributed by atoms with E-state index in [-0.39, 0.29) is 5.46 Å². The minimum absolute atomic E-state index is 0.202. The third-order valence-electron chi connectivity index (χ3n) is 3.10. The van der Waals surface area contributed by atoms with Gasteiger partial charge < -0.3 is 4.74 Å². The van der Waals surface area contributed by atoms with E-state index in [0.717, 1.165) is 6.40 Å². The van der Waals surface area contributed by atoms with E-state index in [4.69, 9.17) is 4.74 Å². The topological polar surface area (TPSA) is 21.6 Å². The summed E-state index contributed by atoms with van der Waals surface area (Å²) in [5, 5.41) is 0. The molecule has 1 aromatic carbocycles. The zero-order valence-corrected chi connectivity index (χ0v) is 10.1. The van der Waals surface area contributed by atoms with Crippen LogP contribution in [-0.4, -0.2) is 30.7 Å². The zero-order chi connectivity index (χ0) is 13.4. The molecular formula is C12H13BF3NO. The van der Waals surface area contributed by atoms with Crippen LogP contribution in [0, 0.1) is 0 Å². The van der Waals surface area contributed by atoms with Gasteiger partial charge in [-0.05, 0) is 13.8 Å². The first kappa shape index (κ1) is 13.0. The molecule has 1 aliphatic heterocycles. The second kappa shape index (κ2) is 4.33. The van der Waals surface area contributed by atoms with Crippen molar-refractivity contribution in [3.8, 4) is 0 Å². The van der Waals surface area contributed by atoms with Gasteiger partial charge >= 0.3 is 12.8 Å². The van der Waals surface area contributed by atoms with E-state index in [1.807, 2.05) is 0 Å². The third kappa shape index (κ3) is 2.37.